The van der Waals surface area contributed by atoms with Crippen molar-refractivity contribution < 1.29 is 8.42 Å². The molecule has 0 aliphatic rings. The lowest BCUT2D eigenvalue weighted by Crippen LogP contribution is -2.29. The third-order valence-electron chi connectivity index (χ3n) is 2.98. The molecule has 0 unspecified atom stereocenters. The first-order valence-electron chi connectivity index (χ1n) is 6.27. The van der Waals surface area contributed by atoms with E-state index in [9.17, 15) is 8.42 Å². The van der Waals surface area contributed by atoms with Crippen LogP contribution in [0.15, 0.2) is 24.3 Å². The van der Waals surface area contributed by atoms with Crippen molar-refractivity contribution in [3.8, 4) is 0 Å². The number of hydrogen-bond acceptors (Lipinski definition) is 3. The summed E-state index contributed by atoms with van der Waals surface area (Å²) in [6, 6.07) is 7.61. The summed E-state index contributed by atoms with van der Waals surface area (Å²) in [5.41, 5.74) is 7.28. The van der Waals surface area contributed by atoms with Crippen molar-refractivity contribution >= 4 is 15.7 Å². The maximum Gasteiger partial charge on any atom is 0.234 e. The molecular formula is C13H22N2O2S. The van der Waals surface area contributed by atoms with Crippen LogP contribution in [0.4, 0.5) is 5.69 Å². The molecule has 0 fully saturated rings. The molecule has 102 valence electrons. The van der Waals surface area contributed by atoms with E-state index in [2.05, 4.69) is 6.92 Å². The number of sulfonamides is 1. The van der Waals surface area contributed by atoms with Gasteiger partial charge in [0.05, 0.1) is 11.4 Å². The Hall–Kier alpha value is -1.07. The van der Waals surface area contributed by atoms with Crippen molar-refractivity contribution in [1.29, 1.82) is 0 Å². The second-order valence-electron chi connectivity index (χ2n) is 4.30. The van der Waals surface area contributed by atoms with E-state index in [4.69, 9.17) is 5.73 Å². The topological polar surface area (TPSA) is 63.4 Å². The Balaban J connectivity index is 2.75. The average Bonchev–Trinajstić information content (AvgIpc) is 2.38. The largest absolute Gasteiger partial charge is 0.330 e. The normalized spacial score (nSPS) is 11.5. The summed E-state index contributed by atoms with van der Waals surface area (Å²) in [7, 11) is -1.63. The van der Waals surface area contributed by atoms with E-state index < -0.39 is 10.0 Å². The van der Waals surface area contributed by atoms with Crippen LogP contribution in [0.5, 0.6) is 0 Å². The lowest BCUT2D eigenvalue weighted by atomic mass is 10.1. The van der Waals surface area contributed by atoms with Gasteiger partial charge in [-0.3, -0.25) is 4.31 Å². The van der Waals surface area contributed by atoms with E-state index >= 15 is 0 Å². The second kappa shape index (κ2) is 6.75. The van der Waals surface area contributed by atoms with Crippen LogP contribution in [0, 0.1) is 0 Å². The molecule has 4 nitrogen and oxygen atoms in total. The van der Waals surface area contributed by atoms with E-state index in [1.54, 1.807) is 7.05 Å². The molecule has 0 aliphatic carbocycles. The molecule has 0 bridgehead atoms. The fraction of sp³-hybridized carbons (Fsp3) is 0.538. The molecule has 0 radical (unpaired) electrons. The van der Waals surface area contributed by atoms with Gasteiger partial charge in [-0.15, -0.1) is 0 Å². The molecule has 0 atom stereocenters. The molecule has 18 heavy (non-hydrogen) atoms. The van der Waals surface area contributed by atoms with Gasteiger partial charge in [0, 0.05) is 7.05 Å². The maximum atomic E-state index is 12.0. The first kappa shape index (κ1) is 15.0. The minimum atomic E-state index is -3.23. The average molecular weight is 270 g/mol. The molecule has 5 heteroatoms. The summed E-state index contributed by atoms with van der Waals surface area (Å²) in [6.07, 6.45) is 2.30. The highest BCUT2D eigenvalue weighted by molar-refractivity contribution is 7.92. The lowest BCUT2D eigenvalue weighted by Gasteiger charge is -2.19. The van der Waals surface area contributed by atoms with Gasteiger partial charge < -0.3 is 5.73 Å². The van der Waals surface area contributed by atoms with Gasteiger partial charge in [-0.2, -0.15) is 0 Å². The van der Waals surface area contributed by atoms with Crippen molar-refractivity contribution in [2.45, 2.75) is 26.2 Å². The quantitative estimate of drug-likeness (QED) is 0.768. The van der Waals surface area contributed by atoms with Crippen molar-refractivity contribution in [3.63, 3.8) is 0 Å². The molecule has 0 spiro atoms. The maximum absolute atomic E-state index is 12.0. The fourth-order valence-corrected chi connectivity index (χ4v) is 2.95. The molecule has 0 saturated carbocycles. The van der Waals surface area contributed by atoms with Crippen molar-refractivity contribution in [2.24, 2.45) is 5.73 Å². The van der Waals surface area contributed by atoms with Gasteiger partial charge >= 0.3 is 0 Å². The Labute approximate surface area is 110 Å². The molecule has 0 aliphatic heterocycles. The van der Waals surface area contributed by atoms with E-state index in [-0.39, 0.29) is 5.75 Å². The molecule has 2 N–H and O–H groups in total. The van der Waals surface area contributed by atoms with Crippen LogP contribution in [-0.2, 0) is 16.4 Å². The van der Waals surface area contributed by atoms with Gasteiger partial charge in [-0.25, -0.2) is 8.42 Å². The molecule has 1 aromatic carbocycles. The predicted octanol–water partition coefficient (Wildman–Crippen LogP) is 1.75. The number of anilines is 1. The Morgan fingerprint density at radius 3 is 2.28 bits per heavy atom. The van der Waals surface area contributed by atoms with Crippen LogP contribution in [0.2, 0.25) is 0 Å². The van der Waals surface area contributed by atoms with Crippen LogP contribution < -0.4 is 10.0 Å². The zero-order chi connectivity index (χ0) is 13.6. The minimum absolute atomic E-state index is 0.149. The second-order valence-corrected chi connectivity index (χ2v) is 6.42. The number of benzene rings is 1. The van der Waals surface area contributed by atoms with Crippen LogP contribution >= 0.6 is 0 Å². The summed E-state index contributed by atoms with van der Waals surface area (Å²) in [5, 5.41) is 0. The van der Waals surface area contributed by atoms with Crippen molar-refractivity contribution in [3.05, 3.63) is 29.8 Å². The monoisotopic (exact) mass is 270 g/mol. The summed E-state index contributed by atoms with van der Waals surface area (Å²) >= 11 is 0. The van der Waals surface area contributed by atoms with Gasteiger partial charge in [0.15, 0.2) is 0 Å². The zero-order valence-electron chi connectivity index (χ0n) is 11.1. The predicted molar refractivity (Wildman–Crippen MR) is 76.3 cm³/mol. The Morgan fingerprint density at radius 1 is 1.17 bits per heavy atom. The number of unbranched alkanes of at least 4 members (excludes halogenated alkanes) is 1. The molecule has 0 saturated heterocycles. The Bertz CT molecular complexity index is 454. The third kappa shape index (κ3) is 3.99. The number of aryl methyl sites for hydroxylation is 1. The zero-order valence-corrected chi connectivity index (χ0v) is 11.9. The first-order valence-corrected chi connectivity index (χ1v) is 7.87. The molecule has 0 amide bonds. The summed E-state index contributed by atoms with van der Waals surface area (Å²) in [4.78, 5) is 0. The highest BCUT2D eigenvalue weighted by Gasteiger charge is 2.17. The standard InChI is InChI=1S/C13H22N2O2S/c1-3-12-6-8-13(9-7-12)15(2)18(16,17)11-5-4-10-14/h6-9H,3-5,10-11,14H2,1-2H3. The van der Waals surface area contributed by atoms with Crippen LogP contribution in [0.3, 0.4) is 0 Å². The number of nitrogens with two attached hydrogens (primary N) is 1. The first-order chi connectivity index (χ1) is 8.51. The number of rotatable bonds is 7. The summed E-state index contributed by atoms with van der Waals surface area (Å²) in [6.45, 7) is 2.60. The van der Waals surface area contributed by atoms with Gasteiger partial charge in [-0.1, -0.05) is 19.1 Å². The molecule has 0 heterocycles. The van der Waals surface area contributed by atoms with Crippen LogP contribution in [0.25, 0.3) is 0 Å². The van der Waals surface area contributed by atoms with Gasteiger partial charge in [0.25, 0.3) is 0 Å². The van der Waals surface area contributed by atoms with E-state index in [1.807, 2.05) is 24.3 Å². The molecule has 1 rings (SSSR count). The minimum Gasteiger partial charge on any atom is -0.330 e. The Kier molecular flexibility index (Phi) is 5.62. The highest BCUT2D eigenvalue weighted by Crippen LogP contribution is 2.18. The third-order valence-corrected chi connectivity index (χ3v) is 4.83. The highest BCUT2D eigenvalue weighted by atomic mass is 32.2. The number of nitrogens with zero attached hydrogens (tertiary/aromatic N) is 1. The molecule has 0 aromatic heterocycles. The summed E-state index contributed by atoms with van der Waals surface area (Å²) < 4.78 is 25.4. The lowest BCUT2D eigenvalue weighted by molar-refractivity contribution is 0.590. The van der Waals surface area contributed by atoms with Crippen molar-refractivity contribution in [2.75, 3.05) is 23.7 Å². The van der Waals surface area contributed by atoms with Crippen LogP contribution in [0.1, 0.15) is 25.3 Å². The molecule has 1 aromatic rings. The van der Waals surface area contributed by atoms with Gasteiger partial charge in [0.2, 0.25) is 10.0 Å². The van der Waals surface area contributed by atoms with E-state index in [1.165, 1.54) is 9.87 Å². The smallest absolute Gasteiger partial charge is 0.234 e. The van der Waals surface area contributed by atoms with Crippen LogP contribution in [-0.4, -0.2) is 27.8 Å². The van der Waals surface area contributed by atoms with Gasteiger partial charge in [-0.05, 0) is 43.5 Å². The number of hydrogen-bond donors (Lipinski definition) is 1. The summed E-state index contributed by atoms with van der Waals surface area (Å²) in [5.74, 6) is 0.149. The molecular weight excluding hydrogens is 248 g/mol. The SMILES string of the molecule is CCc1ccc(N(C)S(=O)(=O)CCCCN)cc1. The van der Waals surface area contributed by atoms with Crippen molar-refractivity contribution in [1.82, 2.24) is 0 Å². The van der Waals surface area contributed by atoms with E-state index in [0.29, 0.717) is 18.7 Å². The van der Waals surface area contributed by atoms with Gasteiger partial charge in [0.1, 0.15) is 0 Å². The fourth-order valence-electron chi connectivity index (χ4n) is 1.67. The van der Waals surface area contributed by atoms with E-state index in [0.717, 1.165) is 12.8 Å². The Morgan fingerprint density at radius 2 is 1.78 bits per heavy atom.